The first kappa shape index (κ1) is 12.4. The Bertz CT molecular complexity index is 642. The Balaban J connectivity index is 2.19. The van der Waals surface area contributed by atoms with Crippen LogP contribution in [0.5, 0.6) is 5.75 Å². The molecule has 4 heteroatoms. The number of para-hydroxylation sites is 1. The Hall–Kier alpha value is -2.62. The normalized spacial score (nSPS) is 14.8. The van der Waals surface area contributed by atoms with Crippen LogP contribution in [-0.4, -0.2) is 11.7 Å². The first-order chi connectivity index (χ1) is 9.75. The summed E-state index contributed by atoms with van der Waals surface area (Å²) in [6.07, 6.45) is 0. The maximum Gasteiger partial charge on any atom is 0.332 e. The molecule has 100 valence electrons. The molecule has 0 unspecified atom stereocenters. The van der Waals surface area contributed by atoms with Gasteiger partial charge in [-0.1, -0.05) is 41.6 Å². The summed E-state index contributed by atoms with van der Waals surface area (Å²) in [6.45, 7) is 1.79. The third-order valence-corrected chi connectivity index (χ3v) is 3.06. The summed E-state index contributed by atoms with van der Waals surface area (Å²) in [5.74, 6) is 0.284. The molecule has 0 spiro atoms. The molecule has 0 aliphatic carbocycles. The predicted octanol–water partition coefficient (Wildman–Crippen LogP) is 2.89. The smallest absolute Gasteiger partial charge is 0.332 e. The van der Waals surface area contributed by atoms with E-state index in [1.807, 2.05) is 48.5 Å². The fourth-order valence-electron chi connectivity index (χ4n) is 2.17. The van der Waals surface area contributed by atoms with Crippen molar-refractivity contribution in [3.05, 3.63) is 65.2 Å². The molecule has 1 aliphatic heterocycles. The van der Waals surface area contributed by atoms with Gasteiger partial charge in [-0.05, 0) is 17.7 Å². The largest absolute Gasteiger partial charge is 0.488 e. The van der Waals surface area contributed by atoms with Crippen LogP contribution in [0.1, 0.15) is 23.6 Å². The van der Waals surface area contributed by atoms with Crippen LogP contribution in [-0.2, 0) is 16.2 Å². The van der Waals surface area contributed by atoms with Gasteiger partial charge in [-0.3, -0.25) is 0 Å². The van der Waals surface area contributed by atoms with Crippen molar-refractivity contribution in [3.63, 3.8) is 0 Å². The number of carbonyl (C=O) groups excluding carboxylic acids is 1. The maximum atomic E-state index is 11.0. The molecule has 0 N–H and O–H groups in total. The molecular formula is C16H13NO3. The van der Waals surface area contributed by atoms with E-state index < -0.39 is 5.97 Å². The van der Waals surface area contributed by atoms with E-state index in [-0.39, 0.29) is 0 Å². The van der Waals surface area contributed by atoms with Crippen LogP contribution in [0, 0.1) is 0 Å². The third-order valence-electron chi connectivity index (χ3n) is 3.06. The van der Waals surface area contributed by atoms with Gasteiger partial charge in [-0.15, -0.1) is 0 Å². The number of hydrogen-bond donors (Lipinski definition) is 0. The van der Waals surface area contributed by atoms with Crippen LogP contribution in [0.15, 0.2) is 53.7 Å². The van der Waals surface area contributed by atoms with Crippen LogP contribution >= 0.6 is 0 Å². The second kappa shape index (κ2) is 5.17. The molecule has 1 heterocycles. The first-order valence-corrected chi connectivity index (χ1v) is 6.32. The van der Waals surface area contributed by atoms with Gasteiger partial charge < -0.3 is 9.57 Å². The van der Waals surface area contributed by atoms with Crippen LogP contribution in [0.3, 0.4) is 0 Å². The van der Waals surface area contributed by atoms with Crippen molar-refractivity contribution in [1.82, 2.24) is 0 Å². The van der Waals surface area contributed by atoms with Crippen molar-refractivity contribution in [2.45, 2.75) is 13.5 Å². The molecule has 2 aromatic carbocycles. The second-order valence-electron chi connectivity index (χ2n) is 4.46. The number of carbonyl (C=O) groups is 1. The highest BCUT2D eigenvalue weighted by molar-refractivity contribution is 6.15. The average Bonchev–Trinajstić information content (AvgIpc) is 2.62. The lowest BCUT2D eigenvalue weighted by atomic mass is 9.98. The van der Waals surface area contributed by atoms with Crippen LogP contribution < -0.4 is 4.74 Å². The average molecular weight is 267 g/mol. The first-order valence-electron chi connectivity index (χ1n) is 6.32. The molecule has 20 heavy (non-hydrogen) atoms. The summed E-state index contributed by atoms with van der Waals surface area (Å²) < 4.78 is 5.79. The lowest BCUT2D eigenvalue weighted by Crippen LogP contribution is -2.07. The van der Waals surface area contributed by atoms with Gasteiger partial charge >= 0.3 is 5.97 Å². The summed E-state index contributed by atoms with van der Waals surface area (Å²) in [4.78, 5) is 15.9. The van der Waals surface area contributed by atoms with Gasteiger partial charge in [0.2, 0.25) is 0 Å². The molecule has 1 aliphatic rings. The standard InChI is InChI=1S/C16H13NO3/c1-11(18)20-17-16-13-7-3-2-6-12(13)10-19-15-9-5-4-8-14(15)16/h2-9H,10H2,1H3/b17-16-. The van der Waals surface area contributed by atoms with E-state index in [9.17, 15) is 4.79 Å². The third kappa shape index (κ3) is 2.28. The highest BCUT2D eigenvalue weighted by Crippen LogP contribution is 2.28. The number of fused-ring (bicyclic) bond motifs is 2. The quantitative estimate of drug-likeness (QED) is 0.589. The predicted molar refractivity (Wildman–Crippen MR) is 74.6 cm³/mol. The number of ether oxygens (including phenoxy) is 1. The van der Waals surface area contributed by atoms with E-state index in [0.717, 1.165) is 22.4 Å². The SMILES string of the molecule is CC(=O)O/N=C1/c2ccccc2COc2ccccc21. The van der Waals surface area contributed by atoms with Gasteiger partial charge in [0.15, 0.2) is 0 Å². The molecule has 0 saturated carbocycles. The summed E-state index contributed by atoms with van der Waals surface area (Å²) in [7, 11) is 0. The van der Waals surface area contributed by atoms with E-state index in [1.165, 1.54) is 6.92 Å². The topological polar surface area (TPSA) is 47.9 Å². The van der Waals surface area contributed by atoms with E-state index in [4.69, 9.17) is 9.57 Å². The Kier molecular flexibility index (Phi) is 3.21. The lowest BCUT2D eigenvalue weighted by Gasteiger charge is -2.07. The molecule has 0 aromatic heterocycles. The summed E-state index contributed by atoms with van der Waals surface area (Å²) in [5, 5.41) is 4.01. The summed E-state index contributed by atoms with van der Waals surface area (Å²) >= 11 is 0. The highest BCUT2D eigenvalue weighted by Gasteiger charge is 2.20. The molecule has 0 bridgehead atoms. The zero-order chi connectivity index (χ0) is 13.9. The molecule has 4 nitrogen and oxygen atoms in total. The van der Waals surface area contributed by atoms with Gasteiger partial charge in [-0.2, -0.15) is 0 Å². The summed E-state index contributed by atoms with van der Waals surface area (Å²) in [6, 6.07) is 15.4. The Labute approximate surface area is 116 Å². The van der Waals surface area contributed by atoms with Gasteiger partial charge in [0.1, 0.15) is 18.1 Å². The maximum absolute atomic E-state index is 11.0. The van der Waals surface area contributed by atoms with Crippen molar-refractivity contribution in [2.75, 3.05) is 0 Å². The van der Waals surface area contributed by atoms with Gasteiger partial charge in [0.05, 0.1) is 0 Å². The second-order valence-corrected chi connectivity index (χ2v) is 4.46. The number of rotatable bonds is 1. The molecule has 0 radical (unpaired) electrons. The lowest BCUT2D eigenvalue weighted by molar-refractivity contribution is -0.140. The van der Waals surface area contributed by atoms with E-state index >= 15 is 0 Å². The monoisotopic (exact) mass is 267 g/mol. The zero-order valence-electron chi connectivity index (χ0n) is 11.0. The number of nitrogens with zero attached hydrogens (tertiary/aromatic N) is 1. The van der Waals surface area contributed by atoms with Crippen LogP contribution in [0.2, 0.25) is 0 Å². The van der Waals surface area contributed by atoms with Crippen molar-refractivity contribution >= 4 is 11.7 Å². The number of oxime groups is 1. The van der Waals surface area contributed by atoms with Crippen LogP contribution in [0.25, 0.3) is 0 Å². The minimum absolute atomic E-state index is 0.447. The highest BCUT2D eigenvalue weighted by atomic mass is 16.7. The fraction of sp³-hybridized carbons (Fsp3) is 0.125. The molecule has 0 amide bonds. The van der Waals surface area contributed by atoms with Crippen LogP contribution in [0.4, 0.5) is 0 Å². The Morgan fingerprint density at radius 3 is 2.60 bits per heavy atom. The van der Waals surface area contributed by atoms with Gasteiger partial charge in [-0.25, -0.2) is 4.79 Å². The van der Waals surface area contributed by atoms with Crippen molar-refractivity contribution in [1.29, 1.82) is 0 Å². The molecular weight excluding hydrogens is 254 g/mol. The molecule has 2 aromatic rings. The number of hydrogen-bond acceptors (Lipinski definition) is 4. The minimum atomic E-state index is -0.447. The van der Waals surface area contributed by atoms with Crippen molar-refractivity contribution < 1.29 is 14.4 Å². The Morgan fingerprint density at radius 1 is 1.10 bits per heavy atom. The van der Waals surface area contributed by atoms with E-state index in [1.54, 1.807) is 0 Å². The van der Waals surface area contributed by atoms with Crippen molar-refractivity contribution in [3.8, 4) is 5.75 Å². The molecule has 0 saturated heterocycles. The van der Waals surface area contributed by atoms with E-state index in [0.29, 0.717) is 12.3 Å². The molecule has 0 fully saturated rings. The number of benzene rings is 2. The zero-order valence-corrected chi connectivity index (χ0v) is 11.0. The Morgan fingerprint density at radius 2 is 1.80 bits per heavy atom. The van der Waals surface area contributed by atoms with Crippen molar-refractivity contribution in [2.24, 2.45) is 5.16 Å². The fourth-order valence-corrected chi connectivity index (χ4v) is 2.17. The van der Waals surface area contributed by atoms with Gasteiger partial charge in [0.25, 0.3) is 0 Å². The minimum Gasteiger partial charge on any atom is -0.488 e. The molecule has 3 rings (SSSR count). The van der Waals surface area contributed by atoms with E-state index in [2.05, 4.69) is 5.16 Å². The summed E-state index contributed by atoms with van der Waals surface area (Å²) in [5.41, 5.74) is 3.36. The van der Waals surface area contributed by atoms with Gasteiger partial charge in [0, 0.05) is 18.1 Å². The molecule has 0 atom stereocenters.